The van der Waals surface area contributed by atoms with Crippen LogP contribution >= 0.6 is 0 Å². The lowest BCUT2D eigenvalue weighted by molar-refractivity contribution is 0.354. The van der Waals surface area contributed by atoms with Crippen LogP contribution in [-0.2, 0) is 16.6 Å². The average Bonchev–Trinajstić information content (AvgIpc) is 3.02. The second-order valence-corrected chi connectivity index (χ2v) is 6.81. The molecule has 8 heteroatoms. The lowest BCUT2D eigenvalue weighted by atomic mass is 10.3. The van der Waals surface area contributed by atoms with Crippen LogP contribution < -0.4 is 14.2 Å². The average molecular weight is 347 g/mol. The van der Waals surface area contributed by atoms with Gasteiger partial charge in [0.2, 0.25) is 10.0 Å². The van der Waals surface area contributed by atoms with Crippen molar-refractivity contribution in [3.05, 3.63) is 54.5 Å². The second-order valence-electron chi connectivity index (χ2n) is 5.04. The Morgan fingerprint density at radius 2 is 1.92 bits per heavy atom. The Labute approximate surface area is 139 Å². The molecule has 0 spiro atoms. The van der Waals surface area contributed by atoms with Crippen molar-refractivity contribution < 1.29 is 17.9 Å². The van der Waals surface area contributed by atoms with Gasteiger partial charge in [-0.2, -0.15) is 0 Å². The maximum atomic E-state index is 12.4. The maximum absolute atomic E-state index is 12.4. The summed E-state index contributed by atoms with van der Waals surface area (Å²) in [4.78, 5) is 4.46. The first kappa shape index (κ1) is 16.3. The molecule has 0 radical (unpaired) electrons. The van der Waals surface area contributed by atoms with Crippen molar-refractivity contribution in [2.24, 2.45) is 0 Å². The van der Waals surface area contributed by atoms with Gasteiger partial charge in [0.1, 0.15) is 5.65 Å². The number of hydrogen-bond acceptors (Lipinski definition) is 5. The van der Waals surface area contributed by atoms with Gasteiger partial charge in [0, 0.05) is 18.5 Å². The molecular weight excluding hydrogens is 330 g/mol. The number of nitrogens with zero attached hydrogens (tertiary/aromatic N) is 2. The highest BCUT2D eigenvalue weighted by atomic mass is 32.2. The Morgan fingerprint density at radius 1 is 1.12 bits per heavy atom. The summed E-state index contributed by atoms with van der Waals surface area (Å²) in [5.74, 6) is 0.824. The summed E-state index contributed by atoms with van der Waals surface area (Å²) in [6, 6.07) is 10.1. The van der Waals surface area contributed by atoms with Crippen LogP contribution in [0.2, 0.25) is 0 Å². The van der Waals surface area contributed by atoms with E-state index in [1.807, 2.05) is 28.8 Å². The lowest BCUT2D eigenvalue weighted by Crippen LogP contribution is -2.23. The lowest BCUT2D eigenvalue weighted by Gasteiger charge is -2.10. The minimum atomic E-state index is -3.69. The number of fused-ring (bicyclic) bond motifs is 1. The zero-order valence-corrected chi connectivity index (χ0v) is 14.1. The predicted molar refractivity (Wildman–Crippen MR) is 88.8 cm³/mol. The Morgan fingerprint density at radius 3 is 2.62 bits per heavy atom. The molecule has 0 saturated heterocycles. The number of rotatable bonds is 6. The van der Waals surface area contributed by atoms with E-state index < -0.39 is 10.0 Å². The number of nitrogens with one attached hydrogen (secondary N) is 1. The number of methoxy groups -OCH3 is 2. The van der Waals surface area contributed by atoms with Crippen molar-refractivity contribution in [1.29, 1.82) is 0 Å². The van der Waals surface area contributed by atoms with Crippen LogP contribution in [0.25, 0.3) is 5.65 Å². The minimum absolute atomic E-state index is 0.0956. The largest absolute Gasteiger partial charge is 0.493 e. The summed E-state index contributed by atoms with van der Waals surface area (Å²) in [5.41, 5.74) is 1.39. The highest BCUT2D eigenvalue weighted by Crippen LogP contribution is 2.29. The Hall–Kier alpha value is -2.58. The number of ether oxygens (including phenoxy) is 2. The highest BCUT2D eigenvalue weighted by Gasteiger charge is 2.17. The van der Waals surface area contributed by atoms with E-state index in [2.05, 4.69) is 9.71 Å². The van der Waals surface area contributed by atoms with Crippen LogP contribution in [0.15, 0.2) is 53.7 Å². The quantitative estimate of drug-likeness (QED) is 0.736. The zero-order valence-electron chi connectivity index (χ0n) is 13.3. The SMILES string of the molecule is COc1ccc(S(=O)(=O)NCc2cn3ccccc3n2)cc1OC. The van der Waals surface area contributed by atoms with Gasteiger partial charge in [0.15, 0.2) is 11.5 Å². The van der Waals surface area contributed by atoms with Crippen molar-refractivity contribution in [3.8, 4) is 11.5 Å². The van der Waals surface area contributed by atoms with E-state index >= 15 is 0 Å². The van der Waals surface area contributed by atoms with Gasteiger partial charge in [-0.05, 0) is 24.3 Å². The molecule has 0 unspecified atom stereocenters. The monoisotopic (exact) mass is 347 g/mol. The van der Waals surface area contributed by atoms with Crippen LogP contribution in [0.3, 0.4) is 0 Å². The number of sulfonamides is 1. The van der Waals surface area contributed by atoms with Crippen LogP contribution in [0.1, 0.15) is 5.69 Å². The summed E-state index contributed by atoms with van der Waals surface area (Å²) in [7, 11) is -0.738. The third-order valence-corrected chi connectivity index (χ3v) is 4.92. The summed E-state index contributed by atoms with van der Waals surface area (Å²) in [6.07, 6.45) is 3.64. The molecule has 1 aromatic carbocycles. The molecule has 126 valence electrons. The Kier molecular flexibility index (Phi) is 4.41. The maximum Gasteiger partial charge on any atom is 0.241 e. The number of imidazole rings is 1. The van der Waals surface area contributed by atoms with E-state index in [0.717, 1.165) is 5.65 Å². The van der Waals surface area contributed by atoms with Crippen LogP contribution in [-0.4, -0.2) is 32.0 Å². The summed E-state index contributed by atoms with van der Waals surface area (Å²) >= 11 is 0. The fraction of sp³-hybridized carbons (Fsp3) is 0.188. The summed E-state index contributed by atoms with van der Waals surface area (Å²) in [5, 5.41) is 0. The van der Waals surface area contributed by atoms with Crippen molar-refractivity contribution in [2.75, 3.05) is 14.2 Å². The number of aromatic nitrogens is 2. The molecule has 1 N–H and O–H groups in total. The van der Waals surface area contributed by atoms with Gasteiger partial charge in [0.05, 0.1) is 31.4 Å². The molecule has 0 aliphatic heterocycles. The third kappa shape index (κ3) is 3.19. The number of hydrogen-bond donors (Lipinski definition) is 1. The van der Waals surface area contributed by atoms with Crippen LogP contribution in [0.5, 0.6) is 11.5 Å². The molecule has 3 rings (SSSR count). The molecular formula is C16H17N3O4S. The van der Waals surface area contributed by atoms with Gasteiger partial charge < -0.3 is 13.9 Å². The van der Waals surface area contributed by atoms with Gasteiger partial charge in [-0.1, -0.05) is 6.07 Å². The molecule has 0 atom stereocenters. The molecule has 7 nitrogen and oxygen atoms in total. The van der Waals surface area contributed by atoms with E-state index in [1.165, 1.54) is 26.4 Å². The fourth-order valence-corrected chi connectivity index (χ4v) is 3.32. The van der Waals surface area contributed by atoms with Gasteiger partial charge in [-0.25, -0.2) is 18.1 Å². The smallest absolute Gasteiger partial charge is 0.241 e. The molecule has 0 bridgehead atoms. The predicted octanol–water partition coefficient (Wildman–Crippen LogP) is 1.83. The molecule has 3 aromatic rings. The summed E-state index contributed by atoms with van der Waals surface area (Å²) < 4.78 is 39.5. The fourth-order valence-electron chi connectivity index (χ4n) is 2.31. The molecule has 0 fully saturated rings. The number of pyridine rings is 1. The van der Waals surface area contributed by atoms with Crippen molar-refractivity contribution in [2.45, 2.75) is 11.4 Å². The third-order valence-electron chi connectivity index (χ3n) is 3.52. The highest BCUT2D eigenvalue weighted by molar-refractivity contribution is 7.89. The van der Waals surface area contributed by atoms with Gasteiger partial charge in [-0.15, -0.1) is 0 Å². The first-order chi connectivity index (χ1) is 11.5. The van der Waals surface area contributed by atoms with E-state index in [4.69, 9.17) is 9.47 Å². The zero-order chi connectivity index (χ0) is 17.2. The molecule has 0 saturated carbocycles. The molecule has 0 aliphatic rings. The minimum Gasteiger partial charge on any atom is -0.493 e. The molecule has 0 aliphatic carbocycles. The van der Waals surface area contributed by atoms with E-state index in [0.29, 0.717) is 17.2 Å². The van der Waals surface area contributed by atoms with Crippen LogP contribution in [0, 0.1) is 0 Å². The van der Waals surface area contributed by atoms with Gasteiger partial charge >= 0.3 is 0 Å². The molecule has 2 heterocycles. The first-order valence-electron chi connectivity index (χ1n) is 7.18. The second kappa shape index (κ2) is 6.50. The van der Waals surface area contributed by atoms with E-state index in [1.54, 1.807) is 12.3 Å². The molecule has 0 amide bonds. The Bertz CT molecular complexity index is 933. The van der Waals surface area contributed by atoms with Crippen molar-refractivity contribution in [3.63, 3.8) is 0 Å². The molecule has 24 heavy (non-hydrogen) atoms. The normalized spacial score (nSPS) is 11.6. The standard InChI is InChI=1S/C16H17N3O4S/c1-22-14-7-6-13(9-15(14)23-2)24(20,21)17-10-12-11-19-8-4-3-5-16(19)18-12/h3-9,11,17H,10H2,1-2H3. The molecule has 2 aromatic heterocycles. The van der Waals surface area contributed by atoms with Gasteiger partial charge in [0.25, 0.3) is 0 Å². The van der Waals surface area contributed by atoms with E-state index in [9.17, 15) is 8.42 Å². The summed E-state index contributed by atoms with van der Waals surface area (Å²) in [6.45, 7) is 0.0956. The van der Waals surface area contributed by atoms with Crippen molar-refractivity contribution >= 4 is 15.7 Å². The Balaban J connectivity index is 1.80. The number of benzene rings is 1. The van der Waals surface area contributed by atoms with Gasteiger partial charge in [-0.3, -0.25) is 0 Å². The first-order valence-corrected chi connectivity index (χ1v) is 8.66. The topological polar surface area (TPSA) is 81.9 Å². The van der Waals surface area contributed by atoms with Crippen molar-refractivity contribution in [1.82, 2.24) is 14.1 Å². The van der Waals surface area contributed by atoms with Crippen LogP contribution in [0.4, 0.5) is 0 Å². The van der Waals surface area contributed by atoms with E-state index in [-0.39, 0.29) is 11.4 Å².